The normalized spacial score (nSPS) is 24.8. The van der Waals surface area contributed by atoms with Gasteiger partial charge in [0.05, 0.1) is 6.10 Å². The van der Waals surface area contributed by atoms with Gasteiger partial charge in [0.15, 0.2) is 0 Å². The summed E-state index contributed by atoms with van der Waals surface area (Å²) in [4.78, 5) is 2.53. The van der Waals surface area contributed by atoms with Crippen LogP contribution >= 0.6 is 11.3 Å². The van der Waals surface area contributed by atoms with E-state index in [0.717, 1.165) is 19.6 Å². The van der Waals surface area contributed by atoms with Crippen molar-refractivity contribution < 1.29 is 4.43 Å². The largest absolute Gasteiger partial charge is 0.413 e. The average Bonchev–Trinajstić information content (AvgIpc) is 3.03. The molecule has 1 saturated heterocycles. The van der Waals surface area contributed by atoms with Crippen molar-refractivity contribution in [2.24, 2.45) is 11.3 Å². The number of hydrogen-bond donors (Lipinski definition) is 0. The minimum absolute atomic E-state index is 0.172. The molecule has 0 aromatic carbocycles. The van der Waals surface area contributed by atoms with Crippen LogP contribution < -0.4 is 0 Å². The Labute approximate surface area is 141 Å². The lowest BCUT2D eigenvalue weighted by molar-refractivity contribution is 0.0309. The molecule has 2 rings (SSSR count). The number of likely N-dealkylation sites (tertiary alicyclic amines) is 1. The van der Waals surface area contributed by atoms with Crippen LogP contribution in [-0.4, -0.2) is 39.7 Å². The molecule has 0 aliphatic carbocycles. The Bertz CT molecular complexity index is 466. The van der Waals surface area contributed by atoms with E-state index in [-0.39, 0.29) is 5.41 Å². The van der Waals surface area contributed by atoms with E-state index in [1.807, 2.05) is 6.08 Å². The molecule has 0 spiro atoms. The molecule has 1 unspecified atom stereocenters. The molecule has 2 heterocycles. The zero-order chi connectivity index (χ0) is 16.3. The van der Waals surface area contributed by atoms with E-state index >= 15 is 0 Å². The van der Waals surface area contributed by atoms with E-state index in [0.29, 0.717) is 17.9 Å². The molecule has 123 valence electrons. The standard InChI is InChI=1S/C18H30NOSSi/c1-7-9-19-11-15(14-8-10-21-13-14)16(12-19)17(18(2,3)4)20-22(5)6/h7-8,10,13,15-17H,1,9,11-12H2,2-6H3/t15-,16+,17?/m1/s1. The quantitative estimate of drug-likeness (QED) is 0.554. The predicted octanol–water partition coefficient (Wildman–Crippen LogP) is 4.63. The van der Waals surface area contributed by atoms with E-state index < -0.39 is 9.04 Å². The first-order chi connectivity index (χ1) is 10.3. The first-order valence-electron chi connectivity index (χ1n) is 8.15. The summed E-state index contributed by atoms with van der Waals surface area (Å²) in [5.41, 5.74) is 1.66. The summed E-state index contributed by atoms with van der Waals surface area (Å²) in [6.07, 6.45) is 2.34. The van der Waals surface area contributed by atoms with Crippen molar-refractivity contribution in [2.75, 3.05) is 19.6 Å². The van der Waals surface area contributed by atoms with Gasteiger partial charge >= 0.3 is 0 Å². The summed E-state index contributed by atoms with van der Waals surface area (Å²) in [6, 6.07) is 2.29. The van der Waals surface area contributed by atoms with Crippen molar-refractivity contribution in [2.45, 2.75) is 45.9 Å². The Morgan fingerprint density at radius 2 is 2.18 bits per heavy atom. The smallest absolute Gasteiger partial charge is 0.205 e. The van der Waals surface area contributed by atoms with Crippen molar-refractivity contribution in [1.82, 2.24) is 4.90 Å². The molecule has 1 aromatic heterocycles. The molecule has 4 heteroatoms. The maximum absolute atomic E-state index is 6.51. The van der Waals surface area contributed by atoms with Crippen LogP contribution in [0.1, 0.15) is 32.3 Å². The molecule has 1 radical (unpaired) electrons. The van der Waals surface area contributed by atoms with Gasteiger partial charge in [0.25, 0.3) is 0 Å². The molecule has 0 saturated carbocycles. The third-order valence-corrected chi connectivity index (χ3v) is 5.83. The fourth-order valence-electron chi connectivity index (χ4n) is 3.55. The van der Waals surface area contributed by atoms with Gasteiger partial charge in [0.2, 0.25) is 9.04 Å². The molecule has 2 nitrogen and oxygen atoms in total. The molecule has 0 amide bonds. The van der Waals surface area contributed by atoms with Crippen LogP contribution in [0.3, 0.4) is 0 Å². The van der Waals surface area contributed by atoms with Crippen LogP contribution in [0.4, 0.5) is 0 Å². The van der Waals surface area contributed by atoms with Gasteiger partial charge in [-0.25, -0.2) is 0 Å². The molecule has 0 bridgehead atoms. The Morgan fingerprint density at radius 1 is 1.45 bits per heavy atom. The molecular weight excluding hydrogens is 306 g/mol. The van der Waals surface area contributed by atoms with Crippen molar-refractivity contribution in [3.05, 3.63) is 35.0 Å². The van der Waals surface area contributed by atoms with E-state index in [4.69, 9.17) is 4.43 Å². The second kappa shape index (κ2) is 7.43. The number of rotatable bonds is 6. The van der Waals surface area contributed by atoms with E-state index in [9.17, 15) is 0 Å². The molecule has 22 heavy (non-hydrogen) atoms. The lowest BCUT2D eigenvalue weighted by Gasteiger charge is -2.39. The summed E-state index contributed by atoms with van der Waals surface area (Å²) >= 11 is 1.80. The molecule has 1 aliphatic heterocycles. The number of thiophene rings is 1. The van der Waals surface area contributed by atoms with Gasteiger partial charge < -0.3 is 4.43 Å². The summed E-state index contributed by atoms with van der Waals surface area (Å²) in [5, 5.41) is 4.52. The predicted molar refractivity (Wildman–Crippen MR) is 99.0 cm³/mol. The van der Waals surface area contributed by atoms with Crippen molar-refractivity contribution in [3.8, 4) is 0 Å². The first kappa shape index (κ1) is 17.9. The SMILES string of the molecule is C=CCN1C[C@H](c2ccsc2)[C@@H](C(O[Si](C)C)C(C)(C)C)C1. The van der Waals surface area contributed by atoms with Gasteiger partial charge in [-0.2, -0.15) is 11.3 Å². The minimum Gasteiger partial charge on any atom is -0.413 e. The summed E-state index contributed by atoms with van der Waals surface area (Å²) in [6.45, 7) is 18.6. The molecule has 3 atom stereocenters. The van der Waals surface area contributed by atoms with Crippen LogP contribution in [0.15, 0.2) is 29.5 Å². The van der Waals surface area contributed by atoms with Crippen LogP contribution in [-0.2, 0) is 4.43 Å². The topological polar surface area (TPSA) is 12.5 Å². The van der Waals surface area contributed by atoms with Crippen LogP contribution in [0.25, 0.3) is 0 Å². The lowest BCUT2D eigenvalue weighted by atomic mass is 9.75. The van der Waals surface area contributed by atoms with Gasteiger partial charge in [0, 0.05) is 31.5 Å². The summed E-state index contributed by atoms with van der Waals surface area (Å²) < 4.78 is 6.51. The minimum atomic E-state index is -0.709. The molecule has 0 N–H and O–H groups in total. The maximum Gasteiger partial charge on any atom is 0.205 e. The fraction of sp³-hybridized carbons (Fsp3) is 0.667. The van der Waals surface area contributed by atoms with Gasteiger partial charge in [-0.1, -0.05) is 26.8 Å². The highest BCUT2D eigenvalue weighted by Gasteiger charge is 2.43. The summed E-state index contributed by atoms with van der Waals surface area (Å²) in [7, 11) is -0.709. The van der Waals surface area contributed by atoms with E-state index in [1.54, 1.807) is 11.3 Å². The Balaban J connectivity index is 2.27. The third kappa shape index (κ3) is 4.31. The average molecular weight is 337 g/mol. The maximum atomic E-state index is 6.51. The van der Waals surface area contributed by atoms with Crippen molar-refractivity contribution in [1.29, 1.82) is 0 Å². The molecule has 1 aromatic rings. The van der Waals surface area contributed by atoms with Gasteiger partial charge in [-0.05, 0) is 40.9 Å². The molecule has 1 aliphatic rings. The Morgan fingerprint density at radius 3 is 2.68 bits per heavy atom. The van der Waals surface area contributed by atoms with Gasteiger partial charge in [-0.3, -0.25) is 4.90 Å². The number of nitrogens with zero attached hydrogens (tertiary/aromatic N) is 1. The zero-order valence-electron chi connectivity index (χ0n) is 14.6. The Hall–Kier alpha value is -0.423. The van der Waals surface area contributed by atoms with Crippen LogP contribution in [0, 0.1) is 11.3 Å². The Kier molecular flexibility index (Phi) is 6.05. The van der Waals surface area contributed by atoms with Crippen molar-refractivity contribution in [3.63, 3.8) is 0 Å². The van der Waals surface area contributed by atoms with Crippen LogP contribution in [0.5, 0.6) is 0 Å². The highest BCUT2D eigenvalue weighted by atomic mass is 32.1. The van der Waals surface area contributed by atoms with Crippen molar-refractivity contribution >= 4 is 20.4 Å². The lowest BCUT2D eigenvalue weighted by Crippen LogP contribution is -2.42. The summed E-state index contributed by atoms with van der Waals surface area (Å²) in [5.74, 6) is 1.14. The van der Waals surface area contributed by atoms with Gasteiger partial charge in [0.1, 0.15) is 0 Å². The highest BCUT2D eigenvalue weighted by Crippen LogP contribution is 2.42. The fourth-order valence-corrected chi connectivity index (χ4v) is 5.31. The highest BCUT2D eigenvalue weighted by molar-refractivity contribution is 7.08. The van der Waals surface area contributed by atoms with E-state index in [1.165, 1.54) is 5.56 Å². The molecule has 1 fully saturated rings. The third-order valence-electron chi connectivity index (χ3n) is 4.40. The monoisotopic (exact) mass is 336 g/mol. The molecular formula is C18H30NOSSi. The second-order valence-electron chi connectivity index (χ2n) is 7.65. The van der Waals surface area contributed by atoms with Crippen LogP contribution in [0.2, 0.25) is 13.1 Å². The number of hydrogen-bond acceptors (Lipinski definition) is 3. The first-order valence-corrected chi connectivity index (χ1v) is 11.5. The van der Waals surface area contributed by atoms with Gasteiger partial charge in [-0.15, -0.1) is 6.58 Å². The zero-order valence-corrected chi connectivity index (χ0v) is 16.5. The second-order valence-corrected chi connectivity index (χ2v) is 10.5. The van der Waals surface area contributed by atoms with E-state index in [2.05, 4.69) is 62.2 Å².